The van der Waals surface area contributed by atoms with Gasteiger partial charge in [-0.25, -0.2) is 0 Å². The van der Waals surface area contributed by atoms with Gasteiger partial charge in [0.2, 0.25) is 0 Å². The van der Waals surface area contributed by atoms with E-state index in [1.165, 1.54) is 16.7 Å². The van der Waals surface area contributed by atoms with Crippen LogP contribution in [0.25, 0.3) is 10.9 Å². The molecule has 0 unspecified atom stereocenters. The highest BCUT2D eigenvalue weighted by atomic mass is 35.5. The molecule has 0 aliphatic rings. The minimum atomic E-state index is 0. The molecule has 3 nitrogen and oxygen atoms in total. The van der Waals surface area contributed by atoms with Gasteiger partial charge in [0, 0.05) is 17.3 Å². The first kappa shape index (κ1) is 17.8. The Bertz CT molecular complexity index is 926. The summed E-state index contributed by atoms with van der Waals surface area (Å²) in [5.74, 6) is 0. The minimum Gasteiger partial charge on any atom is -0.354 e. The van der Waals surface area contributed by atoms with Crippen molar-refractivity contribution in [2.24, 2.45) is 0 Å². The maximum atomic E-state index is 9.45. The SMILES string of the molecule is CCc1ccc2ncc(C#N)c(Nc3ccc(C)c(C)c3)c2c1.Cl. The lowest BCUT2D eigenvalue weighted by Gasteiger charge is -2.13. The van der Waals surface area contributed by atoms with Crippen LogP contribution in [0.5, 0.6) is 0 Å². The standard InChI is InChI=1S/C20H19N3.ClH/c1-4-15-6-8-19-18(10-15)20(16(11-21)12-22-19)23-17-7-5-13(2)14(3)9-17;/h5-10,12H,4H2,1-3H3,(H,22,23);1H. The number of aromatic nitrogens is 1. The van der Waals surface area contributed by atoms with Gasteiger partial charge in [0.05, 0.1) is 16.8 Å². The third-order valence-corrected chi connectivity index (χ3v) is 4.24. The van der Waals surface area contributed by atoms with Gasteiger partial charge in [0.15, 0.2) is 0 Å². The normalized spacial score (nSPS) is 10.1. The fourth-order valence-electron chi connectivity index (χ4n) is 2.64. The van der Waals surface area contributed by atoms with E-state index in [0.717, 1.165) is 28.7 Å². The molecule has 0 bridgehead atoms. The molecule has 0 aliphatic carbocycles. The van der Waals surface area contributed by atoms with Gasteiger partial charge in [-0.3, -0.25) is 4.98 Å². The average molecular weight is 338 g/mol. The molecule has 0 radical (unpaired) electrons. The Balaban J connectivity index is 0.00000208. The van der Waals surface area contributed by atoms with Crippen LogP contribution < -0.4 is 5.32 Å². The molecule has 1 N–H and O–H groups in total. The Morgan fingerprint density at radius 1 is 1.08 bits per heavy atom. The first-order valence-corrected chi connectivity index (χ1v) is 7.78. The average Bonchev–Trinajstić information content (AvgIpc) is 2.58. The number of aryl methyl sites for hydroxylation is 3. The Hall–Kier alpha value is -2.57. The summed E-state index contributed by atoms with van der Waals surface area (Å²) in [6.45, 7) is 6.31. The minimum absolute atomic E-state index is 0. The van der Waals surface area contributed by atoms with E-state index in [0.29, 0.717) is 5.56 Å². The van der Waals surface area contributed by atoms with Crippen molar-refractivity contribution in [3.63, 3.8) is 0 Å². The highest BCUT2D eigenvalue weighted by molar-refractivity contribution is 5.96. The molecule has 1 heterocycles. The molecule has 0 spiro atoms. The topological polar surface area (TPSA) is 48.7 Å². The van der Waals surface area contributed by atoms with Gasteiger partial charge in [-0.05, 0) is 61.2 Å². The number of hydrogen-bond acceptors (Lipinski definition) is 3. The quantitative estimate of drug-likeness (QED) is 0.691. The molecule has 4 heteroatoms. The van der Waals surface area contributed by atoms with Crippen LogP contribution >= 0.6 is 12.4 Å². The highest BCUT2D eigenvalue weighted by Crippen LogP contribution is 2.30. The fraction of sp³-hybridized carbons (Fsp3) is 0.200. The Labute approximate surface area is 148 Å². The second kappa shape index (κ2) is 7.33. The zero-order chi connectivity index (χ0) is 16.4. The van der Waals surface area contributed by atoms with E-state index in [9.17, 15) is 5.26 Å². The van der Waals surface area contributed by atoms with Crippen molar-refractivity contribution in [2.75, 3.05) is 5.32 Å². The van der Waals surface area contributed by atoms with Crippen molar-refractivity contribution in [3.05, 3.63) is 64.8 Å². The summed E-state index contributed by atoms with van der Waals surface area (Å²) < 4.78 is 0. The van der Waals surface area contributed by atoms with Gasteiger partial charge in [0.25, 0.3) is 0 Å². The molecule has 3 rings (SSSR count). The van der Waals surface area contributed by atoms with E-state index in [1.54, 1.807) is 6.20 Å². The number of anilines is 2. The number of fused-ring (bicyclic) bond motifs is 1. The van der Waals surface area contributed by atoms with Gasteiger partial charge in [-0.1, -0.05) is 19.1 Å². The fourth-order valence-corrected chi connectivity index (χ4v) is 2.64. The number of halogens is 1. The van der Waals surface area contributed by atoms with Crippen molar-refractivity contribution < 1.29 is 0 Å². The van der Waals surface area contributed by atoms with E-state index in [2.05, 4.69) is 61.4 Å². The summed E-state index contributed by atoms with van der Waals surface area (Å²) in [5.41, 5.74) is 6.98. The van der Waals surface area contributed by atoms with Crippen molar-refractivity contribution in [1.29, 1.82) is 5.26 Å². The lowest BCUT2D eigenvalue weighted by Crippen LogP contribution is -1.98. The van der Waals surface area contributed by atoms with Crippen molar-refractivity contribution >= 4 is 34.7 Å². The van der Waals surface area contributed by atoms with Crippen molar-refractivity contribution in [3.8, 4) is 6.07 Å². The van der Waals surface area contributed by atoms with Gasteiger partial charge in [-0.15, -0.1) is 12.4 Å². The molecule has 0 amide bonds. The van der Waals surface area contributed by atoms with Gasteiger partial charge < -0.3 is 5.32 Å². The molecular weight excluding hydrogens is 318 g/mol. The third kappa shape index (κ3) is 3.34. The van der Waals surface area contributed by atoms with Crippen molar-refractivity contribution in [2.45, 2.75) is 27.2 Å². The first-order valence-electron chi connectivity index (χ1n) is 7.78. The van der Waals surface area contributed by atoms with Gasteiger partial charge in [-0.2, -0.15) is 5.26 Å². The molecular formula is C20H20ClN3. The summed E-state index contributed by atoms with van der Waals surface area (Å²) in [7, 11) is 0. The summed E-state index contributed by atoms with van der Waals surface area (Å²) in [6.07, 6.45) is 2.59. The van der Waals surface area contributed by atoms with E-state index >= 15 is 0 Å². The largest absolute Gasteiger partial charge is 0.354 e. The van der Waals surface area contributed by atoms with Crippen LogP contribution in [0.1, 0.15) is 29.2 Å². The Morgan fingerprint density at radius 3 is 2.54 bits per heavy atom. The zero-order valence-electron chi connectivity index (χ0n) is 14.1. The van der Waals surface area contributed by atoms with Crippen LogP contribution in [0.3, 0.4) is 0 Å². The number of benzene rings is 2. The molecule has 122 valence electrons. The number of rotatable bonds is 3. The molecule has 1 aromatic heterocycles. The predicted molar refractivity (Wildman–Crippen MR) is 102 cm³/mol. The third-order valence-electron chi connectivity index (χ3n) is 4.24. The molecule has 3 aromatic rings. The number of nitriles is 1. The van der Waals surface area contributed by atoms with E-state index in [-0.39, 0.29) is 12.4 Å². The van der Waals surface area contributed by atoms with E-state index < -0.39 is 0 Å². The summed E-state index contributed by atoms with van der Waals surface area (Å²) in [6, 6.07) is 14.7. The maximum absolute atomic E-state index is 9.45. The lowest BCUT2D eigenvalue weighted by molar-refractivity contribution is 1.14. The van der Waals surface area contributed by atoms with Crippen molar-refractivity contribution in [1.82, 2.24) is 4.98 Å². The van der Waals surface area contributed by atoms with Crippen LogP contribution in [0, 0.1) is 25.2 Å². The molecule has 24 heavy (non-hydrogen) atoms. The highest BCUT2D eigenvalue weighted by Gasteiger charge is 2.10. The Kier molecular flexibility index (Phi) is 5.43. The van der Waals surface area contributed by atoms with Gasteiger partial charge >= 0.3 is 0 Å². The molecule has 2 aromatic carbocycles. The first-order chi connectivity index (χ1) is 11.1. The smallest absolute Gasteiger partial charge is 0.103 e. The second-order valence-electron chi connectivity index (χ2n) is 5.79. The summed E-state index contributed by atoms with van der Waals surface area (Å²) in [5, 5.41) is 13.9. The Morgan fingerprint density at radius 2 is 1.88 bits per heavy atom. The zero-order valence-corrected chi connectivity index (χ0v) is 14.9. The van der Waals surface area contributed by atoms with Crippen LogP contribution in [-0.2, 0) is 6.42 Å². The number of nitrogens with one attached hydrogen (secondary N) is 1. The second-order valence-corrected chi connectivity index (χ2v) is 5.79. The van der Waals surface area contributed by atoms with Crippen LogP contribution in [0.4, 0.5) is 11.4 Å². The van der Waals surface area contributed by atoms with Gasteiger partial charge in [0.1, 0.15) is 6.07 Å². The number of hydrogen-bond donors (Lipinski definition) is 1. The number of nitrogens with zero attached hydrogens (tertiary/aromatic N) is 2. The van der Waals surface area contributed by atoms with E-state index in [4.69, 9.17) is 0 Å². The monoisotopic (exact) mass is 337 g/mol. The number of pyridine rings is 1. The molecule has 0 saturated heterocycles. The summed E-state index contributed by atoms with van der Waals surface area (Å²) in [4.78, 5) is 4.40. The molecule has 0 atom stereocenters. The predicted octanol–water partition coefficient (Wildman–Crippen LogP) is 5.45. The summed E-state index contributed by atoms with van der Waals surface area (Å²) >= 11 is 0. The van der Waals surface area contributed by atoms with Crippen LogP contribution in [0.2, 0.25) is 0 Å². The van der Waals surface area contributed by atoms with Crippen LogP contribution in [-0.4, -0.2) is 4.98 Å². The maximum Gasteiger partial charge on any atom is 0.103 e. The van der Waals surface area contributed by atoms with Crippen LogP contribution in [0.15, 0.2) is 42.6 Å². The van der Waals surface area contributed by atoms with E-state index in [1.807, 2.05) is 12.1 Å². The molecule has 0 fully saturated rings. The lowest BCUT2D eigenvalue weighted by atomic mass is 10.0. The molecule has 0 aliphatic heterocycles. The molecule has 0 saturated carbocycles.